The third-order valence-electron chi connectivity index (χ3n) is 14.8. The number of rotatable bonds is 0. The van der Waals surface area contributed by atoms with Crippen molar-refractivity contribution in [3.63, 3.8) is 0 Å². The van der Waals surface area contributed by atoms with Gasteiger partial charge in [-0.15, -0.1) is 11.3 Å². The first-order valence-electron chi connectivity index (χ1n) is 28.9. The summed E-state index contributed by atoms with van der Waals surface area (Å²) in [7, 11) is 0. The number of thiazole rings is 1. The quantitative estimate of drug-likeness (QED) is 0.0698. The molecule has 0 amide bonds. The number of aromatic nitrogens is 8. The normalized spacial score (nSPS) is 15.0. The number of aryl methyl sites for hydroxylation is 2. The van der Waals surface area contributed by atoms with Gasteiger partial charge in [0.1, 0.15) is 0 Å². The second-order valence-electron chi connectivity index (χ2n) is 20.4. The van der Waals surface area contributed by atoms with Crippen molar-refractivity contribution >= 4 is 39.0 Å². The first-order valence-corrected chi connectivity index (χ1v) is 29.8. The third kappa shape index (κ3) is 16.9. The summed E-state index contributed by atoms with van der Waals surface area (Å²) >= 11 is 1.81. The number of anilines is 1. The number of H-pyrrole nitrogens is 5. The van der Waals surface area contributed by atoms with Gasteiger partial charge in [0.15, 0.2) is 11.5 Å². The number of para-hydroxylation sites is 6. The molecule has 0 unspecified atom stereocenters. The number of ether oxygens (including phenoxy) is 2. The summed E-state index contributed by atoms with van der Waals surface area (Å²) in [5.74, 6) is 1.69. The number of imidazole rings is 2. The van der Waals surface area contributed by atoms with Crippen LogP contribution in [0.15, 0.2) is 176 Å². The third-order valence-corrected chi connectivity index (χ3v) is 15.8. The molecule has 16 heteroatoms. The van der Waals surface area contributed by atoms with Crippen LogP contribution in [-0.4, -0.2) is 79.4 Å². The van der Waals surface area contributed by atoms with E-state index in [0.717, 1.165) is 94.3 Å². The first-order chi connectivity index (χ1) is 40.7. The fourth-order valence-electron chi connectivity index (χ4n) is 10.3. The minimum atomic E-state index is 0.360. The lowest BCUT2D eigenvalue weighted by Crippen LogP contribution is -2.23. The van der Waals surface area contributed by atoms with Crippen molar-refractivity contribution < 1.29 is 9.47 Å². The van der Waals surface area contributed by atoms with E-state index in [9.17, 15) is 0 Å². The lowest BCUT2D eigenvalue weighted by Gasteiger charge is -2.15. The van der Waals surface area contributed by atoms with Gasteiger partial charge in [0.05, 0.1) is 46.3 Å². The van der Waals surface area contributed by atoms with Crippen LogP contribution in [0, 0.1) is 0 Å². The fourth-order valence-corrected chi connectivity index (χ4v) is 11.2. The van der Waals surface area contributed by atoms with Gasteiger partial charge in [-0.3, -0.25) is 0 Å². The van der Waals surface area contributed by atoms with E-state index in [4.69, 9.17) is 9.47 Å². The van der Waals surface area contributed by atoms with E-state index in [1.165, 1.54) is 123 Å². The summed E-state index contributed by atoms with van der Waals surface area (Å²) < 4.78 is 10.2. The van der Waals surface area contributed by atoms with E-state index in [2.05, 4.69) is 145 Å². The molecule has 15 nitrogen and oxygen atoms in total. The van der Waals surface area contributed by atoms with Gasteiger partial charge in [0, 0.05) is 105 Å². The zero-order chi connectivity index (χ0) is 55.6. The summed E-state index contributed by atoms with van der Waals surface area (Å²) in [4.78, 5) is 29.7. The number of nitrogens with one attached hydrogen (secondary N) is 10. The van der Waals surface area contributed by atoms with E-state index in [1.807, 2.05) is 96.1 Å². The maximum absolute atomic E-state index is 5.08. The van der Waals surface area contributed by atoms with Crippen LogP contribution in [0.4, 0.5) is 5.69 Å². The molecular weight excluding hydrogens is 1040 g/mol. The van der Waals surface area contributed by atoms with E-state index in [-0.39, 0.29) is 0 Å². The molecule has 424 valence electrons. The minimum Gasteiger partial charge on any atom is -0.454 e. The summed E-state index contributed by atoms with van der Waals surface area (Å²) in [5.41, 5.74) is 20.6. The predicted molar refractivity (Wildman–Crippen MR) is 333 cm³/mol. The Morgan fingerprint density at radius 2 is 1.01 bits per heavy atom. The molecule has 0 fully saturated rings. The molecule has 6 aromatic heterocycles. The highest BCUT2D eigenvalue weighted by atomic mass is 32.1. The Morgan fingerprint density at radius 3 is 1.78 bits per heavy atom. The van der Waals surface area contributed by atoms with Gasteiger partial charge in [0.25, 0.3) is 0 Å². The van der Waals surface area contributed by atoms with Crippen molar-refractivity contribution in [1.82, 2.24) is 61.1 Å². The van der Waals surface area contributed by atoms with E-state index < -0.39 is 0 Å². The SMILES string of the molecule is c1cc2c([nH]1)CCNC2.c1cc2c([nH]1)CNCC2.c1ccc2[nH]ccc2c1.c1ccc2[nH]cnc2c1.c1ccc2c(c1)CCN2.c1ccc2c(c1)CCNC2.c1ccc2c(c1)OCO2.c1nc2c([nH]1)CNCC2.c1nc2c(s1)CCCC2. The van der Waals surface area contributed by atoms with Gasteiger partial charge in [-0.1, -0.05) is 84.9 Å². The smallest absolute Gasteiger partial charge is 0.231 e. The van der Waals surface area contributed by atoms with Crippen LogP contribution in [0.5, 0.6) is 11.5 Å². The molecule has 0 saturated carbocycles. The lowest BCUT2D eigenvalue weighted by atomic mass is 10.0. The molecule has 6 aliphatic heterocycles. The maximum atomic E-state index is 5.08. The Morgan fingerprint density at radius 1 is 0.390 bits per heavy atom. The zero-order valence-corrected chi connectivity index (χ0v) is 47.6. The van der Waals surface area contributed by atoms with Gasteiger partial charge < -0.3 is 61.0 Å². The molecule has 0 atom stereocenters. The van der Waals surface area contributed by atoms with Crippen LogP contribution in [0.25, 0.3) is 21.9 Å². The summed E-state index contributed by atoms with van der Waals surface area (Å²) in [6.07, 6.45) is 20.4. The molecule has 1 aliphatic carbocycles. The van der Waals surface area contributed by atoms with Crippen LogP contribution in [-0.2, 0) is 71.1 Å². The van der Waals surface area contributed by atoms with Crippen LogP contribution < -0.4 is 36.1 Å². The molecule has 0 saturated heterocycles. The van der Waals surface area contributed by atoms with Crippen molar-refractivity contribution in [2.45, 2.75) is 84.0 Å². The Kier molecular flexibility index (Phi) is 21.6. The second kappa shape index (κ2) is 31.1. The Labute approximate surface area is 485 Å². The Balaban J connectivity index is 0.000000103. The van der Waals surface area contributed by atoms with Gasteiger partial charge in [0.2, 0.25) is 6.79 Å². The number of nitrogens with zero attached hydrogens (tertiary/aromatic N) is 3. The van der Waals surface area contributed by atoms with Crippen LogP contribution in [0.3, 0.4) is 0 Å². The van der Waals surface area contributed by atoms with Crippen LogP contribution in [0.1, 0.15) is 74.0 Å². The predicted octanol–water partition coefficient (Wildman–Crippen LogP) is 11.5. The maximum Gasteiger partial charge on any atom is 0.231 e. The molecule has 0 bridgehead atoms. The highest BCUT2D eigenvalue weighted by molar-refractivity contribution is 7.09. The highest BCUT2D eigenvalue weighted by Crippen LogP contribution is 2.30. The molecule has 12 heterocycles. The standard InChI is InChI=1S/C9H11N.C8H9N.C8H7N.2C7H10N2.C7H6N2.C7H9NS.C7H6O2.C6H9N3/c1-2-4-9-7-10-6-5-8(9)3-1;2*1-2-4-8-7(3-1)5-6-9-8;1-4-9-7-2-3-8-5-6(1)7;1-3-8-5-7-6(1)2-4-9-7;3*1-2-4-7-6(3-1)8-5-9-7;1-2-7-3-6-5(1)8-4-9-6/h1-4,10H,5-7H2;1-4,9H,5-6H2;1-6,9H;1,4,8-9H,2-3,5H2;2,4,8-9H,1,3,5H2;1-5H,(H,8,9);5H,1-4H2;1-4H,5H2;4,7H,1-3H2,(H,8,9). The molecule has 11 aromatic rings. The summed E-state index contributed by atoms with van der Waals surface area (Å²) in [5, 5.41) is 17.8. The highest BCUT2D eigenvalue weighted by Gasteiger charge is 2.13. The van der Waals surface area contributed by atoms with E-state index in [0.29, 0.717) is 6.79 Å². The second-order valence-corrected chi connectivity index (χ2v) is 21.3. The molecular formula is C66H77N13O2S. The molecule has 0 spiro atoms. The van der Waals surface area contributed by atoms with E-state index in [1.54, 1.807) is 12.7 Å². The Hall–Kier alpha value is -8.25. The molecule has 7 aliphatic rings. The number of hydrogen-bond acceptors (Lipinski definition) is 11. The number of fused-ring (bicyclic) bond motifs is 9. The average Bonchev–Trinajstić information content (AvgIpc) is 4.41. The number of hydrogen-bond donors (Lipinski definition) is 10. The fraction of sp³-hybridized carbons (Fsp3) is 0.288. The summed E-state index contributed by atoms with van der Waals surface area (Å²) in [6.45, 7) is 9.98. The van der Waals surface area contributed by atoms with Crippen molar-refractivity contribution in [2.24, 2.45) is 0 Å². The van der Waals surface area contributed by atoms with Gasteiger partial charge in [-0.2, -0.15) is 0 Å². The van der Waals surface area contributed by atoms with Crippen molar-refractivity contribution in [3.8, 4) is 11.5 Å². The Bertz CT molecular complexity index is 3080. The van der Waals surface area contributed by atoms with Gasteiger partial charge >= 0.3 is 0 Å². The van der Waals surface area contributed by atoms with Crippen molar-refractivity contribution in [3.05, 3.63) is 237 Å². The first kappa shape index (κ1) is 57.0. The number of aromatic amines is 5. The summed E-state index contributed by atoms with van der Waals surface area (Å²) in [6, 6.07) is 47.3. The number of benzene rings is 5. The van der Waals surface area contributed by atoms with Crippen molar-refractivity contribution in [2.75, 3.05) is 44.8 Å². The monoisotopic (exact) mass is 1120 g/mol. The lowest BCUT2D eigenvalue weighted by molar-refractivity contribution is 0.174. The van der Waals surface area contributed by atoms with Crippen molar-refractivity contribution in [1.29, 1.82) is 0 Å². The van der Waals surface area contributed by atoms with Gasteiger partial charge in [-0.25, -0.2) is 15.0 Å². The molecule has 10 N–H and O–H groups in total. The average molecular weight is 1120 g/mol. The molecule has 5 aromatic carbocycles. The molecule has 0 radical (unpaired) electrons. The zero-order valence-electron chi connectivity index (χ0n) is 46.7. The largest absolute Gasteiger partial charge is 0.454 e. The van der Waals surface area contributed by atoms with Gasteiger partial charge in [-0.05, 0) is 146 Å². The topological polar surface area (TPSA) is 196 Å². The minimum absolute atomic E-state index is 0.360. The van der Waals surface area contributed by atoms with Crippen LogP contribution in [0.2, 0.25) is 0 Å². The molecule has 82 heavy (non-hydrogen) atoms. The molecule has 18 rings (SSSR count). The van der Waals surface area contributed by atoms with Crippen LogP contribution >= 0.6 is 11.3 Å². The van der Waals surface area contributed by atoms with E-state index >= 15 is 0 Å².